The molecule has 1 aliphatic heterocycles. The normalized spacial score (nSPS) is 19.5. The lowest BCUT2D eigenvalue weighted by Crippen LogP contribution is -2.49. The third-order valence-electron chi connectivity index (χ3n) is 6.33. The van der Waals surface area contributed by atoms with Crippen molar-refractivity contribution in [1.82, 2.24) is 10.6 Å². The van der Waals surface area contributed by atoms with Crippen molar-refractivity contribution in [1.29, 1.82) is 0 Å². The molecule has 0 unspecified atom stereocenters. The summed E-state index contributed by atoms with van der Waals surface area (Å²) in [7, 11) is -2.82. The van der Waals surface area contributed by atoms with Crippen molar-refractivity contribution in [2.24, 2.45) is 0 Å². The zero-order chi connectivity index (χ0) is 25.6. The number of carbonyl (C=O) groups is 1. The molecule has 35 heavy (non-hydrogen) atoms. The van der Waals surface area contributed by atoms with Crippen LogP contribution in [0.4, 0.5) is 8.78 Å². The zero-order valence-corrected chi connectivity index (χ0v) is 21.1. The van der Waals surface area contributed by atoms with E-state index >= 15 is 0 Å². The molecule has 0 radical (unpaired) electrons. The highest BCUT2D eigenvalue weighted by Crippen LogP contribution is 2.50. The van der Waals surface area contributed by atoms with E-state index in [4.69, 9.17) is 0 Å². The van der Waals surface area contributed by atoms with Gasteiger partial charge in [0.25, 0.3) is 0 Å². The molecule has 2 aromatic carbocycles. The third kappa shape index (κ3) is 7.98. The number of carbonyl (C=O) groups excluding carboxylic acids is 1. The minimum absolute atomic E-state index is 0.0474. The second-order valence-corrected chi connectivity index (χ2v) is 11.5. The van der Waals surface area contributed by atoms with Crippen LogP contribution in [0.3, 0.4) is 0 Å². The van der Waals surface area contributed by atoms with Crippen LogP contribution in [0, 0.1) is 11.6 Å². The fourth-order valence-electron chi connectivity index (χ4n) is 4.44. The fraction of sp³-hybridized carbons (Fsp3) is 0.500. The average molecular weight is 511 g/mol. The van der Waals surface area contributed by atoms with Crippen LogP contribution in [0.25, 0.3) is 0 Å². The lowest BCUT2D eigenvalue weighted by molar-refractivity contribution is -0.122. The molecule has 0 aromatic heterocycles. The first-order valence-corrected chi connectivity index (χ1v) is 14.0. The Morgan fingerprint density at radius 2 is 1.83 bits per heavy atom. The number of aliphatic hydroxyl groups is 1. The number of amides is 1. The summed E-state index contributed by atoms with van der Waals surface area (Å²) in [6.45, 7) is 4.06. The van der Waals surface area contributed by atoms with Gasteiger partial charge in [0, 0.05) is 19.0 Å². The van der Waals surface area contributed by atoms with Crippen LogP contribution in [-0.2, 0) is 23.4 Å². The summed E-state index contributed by atoms with van der Waals surface area (Å²) in [5, 5.41) is 17.1. The number of halogens is 2. The SMILES string of the molecule is CCCCC(=O)N[C@@H](Cc1cc(F)cc(F)c1)[C@@H](O)CN[C@H]1CS(O)(O)Cc2ccc(CC)cc21. The molecule has 6 nitrogen and oxygen atoms in total. The summed E-state index contributed by atoms with van der Waals surface area (Å²) >= 11 is 0. The molecule has 1 aliphatic rings. The standard InChI is InChI=1S/C26H36F2N2O4S/c1-3-5-6-26(32)30-23(12-18-9-20(27)13-21(28)10-18)25(31)14-29-24-16-35(33,34)15-19-8-7-17(4-2)11-22(19)24/h7-11,13,23-25,29,31,33-34H,3-6,12,14-16H2,1-2H3,(H,30,32)/t23-,24-,25-/m0/s1. The van der Waals surface area contributed by atoms with Gasteiger partial charge < -0.3 is 15.7 Å². The number of benzene rings is 2. The summed E-state index contributed by atoms with van der Waals surface area (Å²) in [4.78, 5) is 12.4. The molecule has 3 atom stereocenters. The Balaban J connectivity index is 1.76. The predicted octanol–water partition coefficient (Wildman–Crippen LogP) is 4.70. The second kappa shape index (κ2) is 12.3. The first-order valence-electron chi connectivity index (χ1n) is 12.1. The van der Waals surface area contributed by atoms with Crippen LogP contribution < -0.4 is 10.6 Å². The molecule has 0 saturated heterocycles. The van der Waals surface area contributed by atoms with Gasteiger partial charge in [0.2, 0.25) is 5.91 Å². The topological polar surface area (TPSA) is 102 Å². The molecule has 0 bridgehead atoms. The van der Waals surface area contributed by atoms with Gasteiger partial charge in [-0.1, -0.05) is 38.5 Å². The Hall–Kier alpha value is -2.04. The molecule has 3 rings (SSSR count). The highest BCUT2D eigenvalue weighted by molar-refractivity contribution is 8.23. The highest BCUT2D eigenvalue weighted by atomic mass is 32.3. The van der Waals surface area contributed by atoms with E-state index in [1.54, 1.807) is 0 Å². The smallest absolute Gasteiger partial charge is 0.220 e. The summed E-state index contributed by atoms with van der Waals surface area (Å²) < 4.78 is 48.4. The van der Waals surface area contributed by atoms with E-state index in [9.17, 15) is 27.8 Å². The number of hydrogen-bond acceptors (Lipinski definition) is 5. The lowest BCUT2D eigenvalue weighted by Gasteiger charge is -2.42. The summed E-state index contributed by atoms with van der Waals surface area (Å²) in [6.07, 6.45) is 1.64. The minimum atomic E-state index is -2.82. The number of aryl methyl sites for hydroxylation is 1. The molecular formula is C26H36F2N2O4S. The highest BCUT2D eigenvalue weighted by Gasteiger charge is 2.31. The zero-order valence-electron chi connectivity index (χ0n) is 20.3. The molecule has 2 aromatic rings. The number of hydrogen-bond donors (Lipinski definition) is 5. The van der Waals surface area contributed by atoms with Crippen LogP contribution in [0.2, 0.25) is 0 Å². The number of unbranched alkanes of at least 4 members (excludes halogenated alkanes) is 1. The van der Waals surface area contributed by atoms with Crippen molar-refractivity contribution in [3.8, 4) is 0 Å². The Morgan fingerprint density at radius 1 is 1.11 bits per heavy atom. The Bertz CT molecular complexity index is 1000. The summed E-state index contributed by atoms with van der Waals surface area (Å²) in [6, 6.07) is 7.94. The van der Waals surface area contributed by atoms with Gasteiger partial charge in [0.1, 0.15) is 11.6 Å². The summed E-state index contributed by atoms with van der Waals surface area (Å²) in [5.41, 5.74) is 3.29. The van der Waals surface area contributed by atoms with Gasteiger partial charge >= 0.3 is 0 Å². The van der Waals surface area contributed by atoms with E-state index < -0.39 is 34.4 Å². The molecule has 1 heterocycles. The van der Waals surface area contributed by atoms with Gasteiger partial charge in [0.15, 0.2) is 0 Å². The molecule has 194 valence electrons. The first-order chi connectivity index (χ1) is 16.6. The van der Waals surface area contributed by atoms with E-state index in [-0.39, 0.29) is 36.4 Å². The monoisotopic (exact) mass is 510 g/mol. The minimum Gasteiger partial charge on any atom is -0.390 e. The Kier molecular flexibility index (Phi) is 9.66. The van der Waals surface area contributed by atoms with E-state index in [0.717, 1.165) is 35.6 Å². The van der Waals surface area contributed by atoms with Crippen LogP contribution in [0.15, 0.2) is 36.4 Å². The van der Waals surface area contributed by atoms with E-state index in [1.807, 2.05) is 32.0 Å². The molecule has 1 amide bonds. The number of fused-ring (bicyclic) bond motifs is 1. The first kappa shape index (κ1) is 27.5. The van der Waals surface area contributed by atoms with Gasteiger partial charge in [-0.15, -0.1) is 0 Å². The van der Waals surface area contributed by atoms with Crippen molar-refractivity contribution in [3.63, 3.8) is 0 Å². The maximum Gasteiger partial charge on any atom is 0.220 e. The van der Waals surface area contributed by atoms with Crippen LogP contribution in [-0.4, -0.2) is 44.6 Å². The maximum absolute atomic E-state index is 13.7. The lowest BCUT2D eigenvalue weighted by atomic mass is 9.97. The van der Waals surface area contributed by atoms with E-state index in [0.29, 0.717) is 18.4 Å². The van der Waals surface area contributed by atoms with Crippen molar-refractivity contribution >= 4 is 16.5 Å². The maximum atomic E-state index is 13.7. The molecule has 5 N–H and O–H groups in total. The van der Waals surface area contributed by atoms with Gasteiger partial charge in [-0.3, -0.25) is 13.9 Å². The third-order valence-corrected chi connectivity index (χ3v) is 7.97. The molecule has 9 heteroatoms. The van der Waals surface area contributed by atoms with Crippen molar-refractivity contribution in [2.75, 3.05) is 12.3 Å². The number of rotatable bonds is 11. The van der Waals surface area contributed by atoms with E-state index in [2.05, 4.69) is 10.6 Å². The van der Waals surface area contributed by atoms with Gasteiger partial charge in [-0.2, -0.15) is 10.6 Å². The van der Waals surface area contributed by atoms with Crippen LogP contribution in [0.1, 0.15) is 61.4 Å². The Morgan fingerprint density at radius 3 is 2.49 bits per heavy atom. The number of aliphatic hydroxyl groups excluding tert-OH is 1. The molecular weight excluding hydrogens is 474 g/mol. The van der Waals surface area contributed by atoms with Crippen molar-refractivity contribution < 1.29 is 27.8 Å². The van der Waals surface area contributed by atoms with Gasteiger partial charge in [0.05, 0.1) is 29.7 Å². The molecule has 0 fully saturated rings. The predicted molar refractivity (Wildman–Crippen MR) is 136 cm³/mol. The van der Waals surface area contributed by atoms with Gasteiger partial charge in [-0.05, 0) is 53.6 Å². The quantitative estimate of drug-likeness (QED) is 0.302. The summed E-state index contributed by atoms with van der Waals surface area (Å²) in [5.74, 6) is -1.35. The van der Waals surface area contributed by atoms with Crippen molar-refractivity contribution in [3.05, 3.63) is 70.3 Å². The van der Waals surface area contributed by atoms with Crippen molar-refractivity contribution in [2.45, 2.75) is 69.9 Å². The van der Waals surface area contributed by atoms with E-state index in [1.165, 1.54) is 12.1 Å². The second-order valence-electron chi connectivity index (χ2n) is 9.29. The van der Waals surface area contributed by atoms with Gasteiger partial charge in [-0.25, -0.2) is 8.78 Å². The Labute approximate surface area is 207 Å². The van der Waals surface area contributed by atoms with Crippen LogP contribution in [0.5, 0.6) is 0 Å². The average Bonchev–Trinajstić information content (AvgIpc) is 2.79. The largest absolute Gasteiger partial charge is 0.390 e. The fourth-order valence-corrected chi connectivity index (χ4v) is 6.15. The molecule has 0 aliphatic carbocycles. The molecule has 0 saturated carbocycles. The number of nitrogens with one attached hydrogen (secondary N) is 2. The molecule has 0 spiro atoms. The van der Waals surface area contributed by atoms with Crippen LogP contribution >= 0.6 is 10.6 Å².